The Morgan fingerprint density at radius 2 is 1.52 bits per heavy atom. The summed E-state index contributed by atoms with van der Waals surface area (Å²) in [4.78, 5) is 0. The van der Waals surface area contributed by atoms with Gasteiger partial charge < -0.3 is 24.8 Å². The zero-order valence-electron chi connectivity index (χ0n) is 13.6. The fourth-order valence-corrected chi connectivity index (χ4v) is 2.31. The Morgan fingerprint density at radius 1 is 0.870 bits per heavy atom. The van der Waals surface area contributed by atoms with E-state index in [0.717, 1.165) is 22.7 Å². The molecule has 122 valence electrons. The summed E-state index contributed by atoms with van der Waals surface area (Å²) in [7, 11) is 4.83. The molecule has 23 heavy (non-hydrogen) atoms. The summed E-state index contributed by atoms with van der Waals surface area (Å²) in [5, 5.41) is 6.70. The molecular weight excluding hydrogens is 312 g/mol. The first-order chi connectivity index (χ1) is 11.0. The molecule has 0 atom stereocenters. The molecule has 0 aliphatic heterocycles. The van der Waals surface area contributed by atoms with E-state index in [0.29, 0.717) is 16.6 Å². The molecule has 2 aromatic carbocycles. The summed E-state index contributed by atoms with van der Waals surface area (Å²) in [6, 6.07) is 11.3. The largest absolute Gasteiger partial charge is 0.497 e. The van der Waals surface area contributed by atoms with Gasteiger partial charge in [-0.2, -0.15) is 0 Å². The van der Waals surface area contributed by atoms with Gasteiger partial charge in [-0.15, -0.1) is 0 Å². The van der Waals surface area contributed by atoms with Crippen molar-refractivity contribution >= 4 is 28.7 Å². The van der Waals surface area contributed by atoms with Crippen LogP contribution in [0.25, 0.3) is 0 Å². The van der Waals surface area contributed by atoms with Gasteiger partial charge in [-0.1, -0.05) is 6.07 Å². The molecule has 0 saturated carbocycles. The van der Waals surface area contributed by atoms with Gasteiger partial charge in [0.15, 0.2) is 5.11 Å². The van der Waals surface area contributed by atoms with E-state index in [1.807, 2.05) is 37.3 Å². The minimum atomic E-state index is 0.448. The average molecular weight is 332 g/mol. The summed E-state index contributed by atoms with van der Waals surface area (Å²) >= 11 is 5.37. The lowest BCUT2D eigenvalue weighted by Crippen LogP contribution is -2.19. The van der Waals surface area contributed by atoms with Crippen LogP contribution in [-0.2, 0) is 0 Å². The second-order valence-corrected chi connectivity index (χ2v) is 5.29. The van der Waals surface area contributed by atoms with Crippen molar-refractivity contribution in [2.75, 3.05) is 32.0 Å². The van der Waals surface area contributed by atoms with Crippen molar-refractivity contribution in [3.8, 4) is 17.2 Å². The molecule has 0 spiro atoms. The summed E-state index contributed by atoms with van der Waals surface area (Å²) < 4.78 is 15.8. The van der Waals surface area contributed by atoms with Crippen molar-refractivity contribution in [2.24, 2.45) is 0 Å². The van der Waals surface area contributed by atoms with E-state index < -0.39 is 0 Å². The molecule has 0 unspecified atom stereocenters. The molecular formula is C17H20N2O3S. The number of ether oxygens (including phenoxy) is 3. The molecule has 6 heteroatoms. The highest BCUT2D eigenvalue weighted by Crippen LogP contribution is 2.27. The molecule has 0 aliphatic rings. The van der Waals surface area contributed by atoms with Crippen LogP contribution < -0.4 is 24.8 Å². The van der Waals surface area contributed by atoms with Gasteiger partial charge in [-0.05, 0) is 36.8 Å². The van der Waals surface area contributed by atoms with Crippen molar-refractivity contribution in [2.45, 2.75) is 6.92 Å². The minimum Gasteiger partial charge on any atom is -0.497 e. The first-order valence-corrected chi connectivity index (χ1v) is 7.42. The van der Waals surface area contributed by atoms with Crippen LogP contribution in [-0.4, -0.2) is 26.4 Å². The lowest BCUT2D eigenvalue weighted by atomic mass is 10.2. The Bertz CT molecular complexity index is 682. The van der Waals surface area contributed by atoms with Crippen molar-refractivity contribution in [3.05, 3.63) is 42.0 Å². The van der Waals surface area contributed by atoms with Crippen LogP contribution in [0, 0.1) is 6.92 Å². The summed E-state index contributed by atoms with van der Waals surface area (Å²) in [5.74, 6) is 2.09. The minimum absolute atomic E-state index is 0.448. The maximum Gasteiger partial charge on any atom is 0.175 e. The van der Waals surface area contributed by atoms with E-state index in [9.17, 15) is 0 Å². The van der Waals surface area contributed by atoms with Gasteiger partial charge in [-0.3, -0.25) is 0 Å². The number of hydrogen-bond acceptors (Lipinski definition) is 4. The van der Waals surface area contributed by atoms with E-state index in [2.05, 4.69) is 10.6 Å². The Labute approximate surface area is 141 Å². The number of nitrogens with one attached hydrogen (secondary N) is 2. The predicted molar refractivity (Wildman–Crippen MR) is 97.1 cm³/mol. The molecule has 0 amide bonds. The Balaban J connectivity index is 2.15. The highest BCUT2D eigenvalue weighted by Gasteiger charge is 2.07. The van der Waals surface area contributed by atoms with Crippen molar-refractivity contribution < 1.29 is 14.2 Å². The molecule has 0 fully saturated rings. The molecule has 0 saturated heterocycles. The summed E-state index contributed by atoms with van der Waals surface area (Å²) in [6.45, 7) is 2.01. The summed E-state index contributed by atoms with van der Waals surface area (Å²) in [6.07, 6.45) is 0. The molecule has 0 aromatic heterocycles. The predicted octanol–water partition coefficient (Wildman–Crippen LogP) is 3.83. The van der Waals surface area contributed by atoms with Gasteiger partial charge in [-0.25, -0.2) is 0 Å². The standard InChI is InChI=1S/C17H20N2O3S/c1-11-5-6-16(22-4)15(7-11)19-17(23)18-12-8-13(20-2)10-14(9-12)21-3/h5-10H,1-4H3,(H2,18,19,23). The lowest BCUT2D eigenvalue weighted by molar-refractivity contribution is 0.395. The molecule has 0 bridgehead atoms. The fourth-order valence-electron chi connectivity index (χ4n) is 2.08. The zero-order valence-corrected chi connectivity index (χ0v) is 14.4. The quantitative estimate of drug-likeness (QED) is 0.812. The van der Waals surface area contributed by atoms with Gasteiger partial charge in [0.25, 0.3) is 0 Å². The molecule has 5 nitrogen and oxygen atoms in total. The SMILES string of the molecule is COc1cc(NC(=S)Nc2cc(C)ccc2OC)cc(OC)c1. The molecule has 0 radical (unpaired) electrons. The summed E-state index contributed by atoms with van der Waals surface area (Å²) in [5.41, 5.74) is 2.68. The maximum absolute atomic E-state index is 5.37. The average Bonchev–Trinajstić information content (AvgIpc) is 2.54. The van der Waals surface area contributed by atoms with E-state index >= 15 is 0 Å². The third kappa shape index (κ3) is 4.50. The van der Waals surface area contributed by atoms with Gasteiger partial charge in [0.2, 0.25) is 0 Å². The third-order valence-electron chi connectivity index (χ3n) is 3.21. The number of hydrogen-bond donors (Lipinski definition) is 2. The van der Waals surface area contributed by atoms with Gasteiger partial charge >= 0.3 is 0 Å². The van der Waals surface area contributed by atoms with Crippen LogP contribution in [0.4, 0.5) is 11.4 Å². The number of benzene rings is 2. The first-order valence-electron chi connectivity index (χ1n) is 7.01. The van der Waals surface area contributed by atoms with E-state index in [4.69, 9.17) is 26.4 Å². The second kappa shape index (κ2) is 7.69. The van der Waals surface area contributed by atoms with Crippen LogP contribution in [0.5, 0.6) is 17.2 Å². The molecule has 2 N–H and O–H groups in total. The van der Waals surface area contributed by atoms with E-state index in [1.54, 1.807) is 27.4 Å². The smallest absolute Gasteiger partial charge is 0.175 e. The number of rotatable bonds is 5. The first kappa shape index (κ1) is 16.9. The zero-order chi connectivity index (χ0) is 16.8. The van der Waals surface area contributed by atoms with Crippen LogP contribution in [0.15, 0.2) is 36.4 Å². The molecule has 2 aromatic rings. The van der Waals surface area contributed by atoms with Crippen molar-refractivity contribution in [1.82, 2.24) is 0 Å². The van der Waals surface area contributed by atoms with Crippen molar-refractivity contribution in [1.29, 1.82) is 0 Å². The van der Waals surface area contributed by atoms with Crippen LogP contribution in [0.3, 0.4) is 0 Å². The van der Waals surface area contributed by atoms with E-state index in [1.165, 1.54) is 0 Å². The molecule has 0 heterocycles. The number of methoxy groups -OCH3 is 3. The highest BCUT2D eigenvalue weighted by molar-refractivity contribution is 7.80. The van der Waals surface area contributed by atoms with Gasteiger partial charge in [0.05, 0.1) is 27.0 Å². The lowest BCUT2D eigenvalue weighted by Gasteiger charge is -2.15. The molecule has 2 rings (SSSR count). The van der Waals surface area contributed by atoms with Crippen LogP contribution in [0.1, 0.15) is 5.56 Å². The van der Waals surface area contributed by atoms with Gasteiger partial charge in [0, 0.05) is 23.9 Å². The Morgan fingerprint density at radius 3 is 2.09 bits per heavy atom. The van der Waals surface area contributed by atoms with E-state index in [-0.39, 0.29) is 0 Å². The van der Waals surface area contributed by atoms with Crippen molar-refractivity contribution in [3.63, 3.8) is 0 Å². The second-order valence-electron chi connectivity index (χ2n) is 4.88. The topological polar surface area (TPSA) is 51.8 Å². The van der Waals surface area contributed by atoms with Crippen LogP contribution >= 0.6 is 12.2 Å². The monoisotopic (exact) mass is 332 g/mol. The number of anilines is 2. The number of aryl methyl sites for hydroxylation is 1. The fraction of sp³-hybridized carbons (Fsp3) is 0.235. The molecule has 0 aliphatic carbocycles. The van der Waals surface area contributed by atoms with Crippen LogP contribution in [0.2, 0.25) is 0 Å². The maximum atomic E-state index is 5.37. The Kier molecular flexibility index (Phi) is 5.65. The van der Waals surface area contributed by atoms with Gasteiger partial charge in [0.1, 0.15) is 17.2 Å². The highest BCUT2D eigenvalue weighted by atomic mass is 32.1. The Hall–Kier alpha value is -2.47. The normalized spacial score (nSPS) is 9.91. The third-order valence-corrected chi connectivity index (χ3v) is 3.42. The number of thiocarbonyl (C=S) groups is 1.